The summed E-state index contributed by atoms with van der Waals surface area (Å²) in [5.41, 5.74) is 3.17. The summed E-state index contributed by atoms with van der Waals surface area (Å²) in [4.78, 5) is 18.7. The number of aryl methyl sites for hydroxylation is 1. The highest BCUT2D eigenvalue weighted by Gasteiger charge is 2.17. The highest BCUT2D eigenvalue weighted by atomic mass is 35.5. The molecule has 168 valence electrons. The highest BCUT2D eigenvalue weighted by molar-refractivity contribution is 6.32. The van der Waals surface area contributed by atoms with Crippen LogP contribution in [0.25, 0.3) is 34.6 Å². The lowest BCUT2D eigenvalue weighted by atomic mass is 10.2. The van der Waals surface area contributed by atoms with Crippen LogP contribution < -0.4 is 0 Å². The van der Waals surface area contributed by atoms with Crippen molar-refractivity contribution in [3.8, 4) is 11.4 Å². The third-order valence-electron chi connectivity index (χ3n) is 5.43. The van der Waals surface area contributed by atoms with Gasteiger partial charge in [0.05, 0.1) is 25.3 Å². The van der Waals surface area contributed by atoms with E-state index in [0.717, 1.165) is 16.6 Å². The van der Waals surface area contributed by atoms with Gasteiger partial charge in [-0.2, -0.15) is 4.98 Å². The molecule has 0 spiro atoms. The van der Waals surface area contributed by atoms with E-state index in [2.05, 4.69) is 20.5 Å². The number of carbonyl (C=O) groups is 1. The Labute approximate surface area is 194 Å². The maximum atomic E-state index is 12.4. The fourth-order valence-corrected chi connectivity index (χ4v) is 3.84. The summed E-state index contributed by atoms with van der Waals surface area (Å²) in [5.74, 6) is 0.922. The van der Waals surface area contributed by atoms with Crippen molar-refractivity contribution in [1.29, 1.82) is 0 Å². The third kappa shape index (κ3) is 4.79. The summed E-state index contributed by atoms with van der Waals surface area (Å²) < 4.78 is 12.4. The second-order valence-corrected chi connectivity index (χ2v) is 7.98. The molecule has 3 heterocycles. The molecule has 0 aliphatic carbocycles. The van der Waals surface area contributed by atoms with Crippen LogP contribution in [0.4, 0.5) is 0 Å². The number of nitrogens with zero attached hydrogens (tertiary/aromatic N) is 6. The van der Waals surface area contributed by atoms with Crippen LogP contribution in [-0.4, -0.2) is 62.2 Å². The van der Waals surface area contributed by atoms with Crippen LogP contribution in [0.3, 0.4) is 0 Å². The van der Waals surface area contributed by atoms with E-state index < -0.39 is 0 Å². The standard InChI is InChI=1S/C23H21ClN6O3/c24-18-4-2-1-3-16(18)6-8-21-25-23(27-33-21)17-5-7-20-19(15-17)26-28-30(20)10-9-22(31)29-11-13-32-14-12-29/h1-8,15H,9-14H2. The van der Waals surface area contributed by atoms with E-state index >= 15 is 0 Å². The Morgan fingerprint density at radius 1 is 1.12 bits per heavy atom. The third-order valence-corrected chi connectivity index (χ3v) is 5.77. The van der Waals surface area contributed by atoms with Crippen LogP contribution in [0.5, 0.6) is 0 Å². The van der Waals surface area contributed by atoms with Crippen molar-refractivity contribution < 1.29 is 14.1 Å². The molecule has 0 N–H and O–H groups in total. The molecule has 1 amide bonds. The number of hydrogen-bond acceptors (Lipinski definition) is 7. The van der Waals surface area contributed by atoms with E-state index in [0.29, 0.717) is 61.5 Å². The van der Waals surface area contributed by atoms with Gasteiger partial charge in [0.25, 0.3) is 5.89 Å². The average Bonchev–Trinajstić information content (AvgIpc) is 3.49. The number of fused-ring (bicyclic) bond motifs is 1. The van der Waals surface area contributed by atoms with E-state index in [1.807, 2.05) is 53.4 Å². The largest absolute Gasteiger partial charge is 0.378 e. The number of benzene rings is 2. The molecule has 1 aliphatic heterocycles. The number of amides is 1. The number of morpholine rings is 1. The van der Waals surface area contributed by atoms with Crippen molar-refractivity contribution in [2.45, 2.75) is 13.0 Å². The molecule has 0 atom stereocenters. The molecule has 9 nitrogen and oxygen atoms in total. The molecule has 5 rings (SSSR count). The van der Waals surface area contributed by atoms with Crippen LogP contribution in [0, 0.1) is 0 Å². The average molecular weight is 465 g/mol. The molecule has 2 aromatic carbocycles. The first kappa shape index (κ1) is 21.3. The number of rotatable bonds is 6. The minimum Gasteiger partial charge on any atom is -0.378 e. The van der Waals surface area contributed by atoms with Crippen LogP contribution in [0.2, 0.25) is 5.02 Å². The normalized spacial score (nSPS) is 14.4. The van der Waals surface area contributed by atoms with Gasteiger partial charge in [0, 0.05) is 36.2 Å². The summed E-state index contributed by atoms with van der Waals surface area (Å²) >= 11 is 6.17. The summed E-state index contributed by atoms with van der Waals surface area (Å²) in [7, 11) is 0. The van der Waals surface area contributed by atoms with Crippen LogP contribution in [-0.2, 0) is 16.1 Å². The molecule has 1 aliphatic rings. The first-order valence-corrected chi connectivity index (χ1v) is 11.0. The molecule has 10 heteroatoms. The van der Waals surface area contributed by atoms with Crippen molar-refractivity contribution in [3.05, 3.63) is 58.9 Å². The van der Waals surface area contributed by atoms with Crippen molar-refractivity contribution in [2.24, 2.45) is 0 Å². The summed E-state index contributed by atoms with van der Waals surface area (Å²) in [5, 5.41) is 13.2. The van der Waals surface area contributed by atoms with E-state index in [4.69, 9.17) is 20.9 Å². The molecule has 1 saturated heterocycles. The van der Waals surface area contributed by atoms with Gasteiger partial charge < -0.3 is 14.2 Å². The maximum Gasteiger partial charge on any atom is 0.250 e. The first-order valence-electron chi connectivity index (χ1n) is 10.6. The molecule has 2 aromatic heterocycles. The fourth-order valence-electron chi connectivity index (χ4n) is 3.64. The smallest absolute Gasteiger partial charge is 0.250 e. The second-order valence-electron chi connectivity index (χ2n) is 7.57. The number of aromatic nitrogens is 5. The van der Waals surface area contributed by atoms with Gasteiger partial charge in [-0.3, -0.25) is 4.79 Å². The Hall–Kier alpha value is -3.56. The van der Waals surface area contributed by atoms with Gasteiger partial charge in [-0.25, -0.2) is 4.68 Å². The molecule has 0 bridgehead atoms. The van der Waals surface area contributed by atoms with E-state index in [1.54, 1.807) is 10.8 Å². The highest BCUT2D eigenvalue weighted by Crippen LogP contribution is 2.23. The molecule has 0 saturated carbocycles. The maximum absolute atomic E-state index is 12.4. The Morgan fingerprint density at radius 2 is 1.97 bits per heavy atom. The molecule has 0 unspecified atom stereocenters. The molecule has 33 heavy (non-hydrogen) atoms. The van der Waals surface area contributed by atoms with Crippen LogP contribution in [0.15, 0.2) is 47.0 Å². The second kappa shape index (κ2) is 9.51. The number of carbonyl (C=O) groups excluding carboxylic acids is 1. The van der Waals surface area contributed by atoms with Gasteiger partial charge in [0.2, 0.25) is 11.7 Å². The van der Waals surface area contributed by atoms with Gasteiger partial charge in [-0.15, -0.1) is 5.10 Å². The molecular formula is C23H21ClN6O3. The van der Waals surface area contributed by atoms with Crippen molar-refractivity contribution in [2.75, 3.05) is 26.3 Å². The van der Waals surface area contributed by atoms with Gasteiger partial charge in [0.1, 0.15) is 5.52 Å². The minimum absolute atomic E-state index is 0.0998. The predicted molar refractivity (Wildman–Crippen MR) is 123 cm³/mol. The van der Waals surface area contributed by atoms with E-state index in [9.17, 15) is 4.79 Å². The monoisotopic (exact) mass is 464 g/mol. The Kier molecular flexibility index (Phi) is 6.14. The number of ether oxygens (including phenoxy) is 1. The Balaban J connectivity index is 1.28. The first-order chi connectivity index (χ1) is 16.2. The molecule has 0 radical (unpaired) electrons. The topological polar surface area (TPSA) is 99.2 Å². The summed E-state index contributed by atoms with van der Waals surface area (Å²) in [6.45, 7) is 2.93. The Morgan fingerprint density at radius 3 is 2.82 bits per heavy atom. The predicted octanol–water partition coefficient (Wildman–Crippen LogP) is 3.55. The van der Waals surface area contributed by atoms with Gasteiger partial charge in [0.15, 0.2) is 0 Å². The molecular weight excluding hydrogens is 444 g/mol. The van der Waals surface area contributed by atoms with Gasteiger partial charge in [-0.1, -0.05) is 40.2 Å². The van der Waals surface area contributed by atoms with E-state index in [1.165, 1.54) is 0 Å². The quantitative estimate of drug-likeness (QED) is 0.430. The van der Waals surface area contributed by atoms with E-state index in [-0.39, 0.29) is 5.91 Å². The molecule has 4 aromatic rings. The number of hydrogen-bond donors (Lipinski definition) is 0. The van der Waals surface area contributed by atoms with Gasteiger partial charge >= 0.3 is 0 Å². The zero-order valence-corrected chi connectivity index (χ0v) is 18.5. The Bertz CT molecular complexity index is 1310. The summed E-state index contributed by atoms with van der Waals surface area (Å²) in [6, 6.07) is 13.2. The minimum atomic E-state index is 0.0998. The zero-order valence-electron chi connectivity index (χ0n) is 17.7. The lowest BCUT2D eigenvalue weighted by molar-refractivity contribution is -0.135. The lowest BCUT2D eigenvalue weighted by Gasteiger charge is -2.26. The van der Waals surface area contributed by atoms with Crippen molar-refractivity contribution in [1.82, 2.24) is 30.0 Å². The van der Waals surface area contributed by atoms with Crippen LogP contribution >= 0.6 is 11.6 Å². The number of halogens is 1. The SMILES string of the molecule is O=C(CCn1nnc2cc(-c3noc(C=Cc4ccccc4Cl)n3)ccc21)N1CCOCC1. The zero-order chi connectivity index (χ0) is 22.6. The fraction of sp³-hybridized carbons (Fsp3) is 0.261. The van der Waals surface area contributed by atoms with Gasteiger partial charge in [-0.05, 0) is 35.9 Å². The van der Waals surface area contributed by atoms with Crippen molar-refractivity contribution >= 4 is 40.7 Å². The molecule has 1 fully saturated rings. The summed E-state index contributed by atoms with van der Waals surface area (Å²) in [6.07, 6.45) is 3.91. The van der Waals surface area contributed by atoms with Crippen molar-refractivity contribution in [3.63, 3.8) is 0 Å². The van der Waals surface area contributed by atoms with Crippen LogP contribution in [0.1, 0.15) is 17.9 Å². The lowest BCUT2D eigenvalue weighted by Crippen LogP contribution is -2.41.